The number of rotatable bonds is 6. The second kappa shape index (κ2) is 5.55. The van der Waals surface area contributed by atoms with Crippen LogP contribution in [0.2, 0.25) is 0 Å². The van der Waals surface area contributed by atoms with Gasteiger partial charge >= 0.3 is 0 Å². The molecule has 0 unspecified atom stereocenters. The molecular weight excluding hydrogens is 272 g/mol. The number of nitrogens with zero attached hydrogens (tertiary/aromatic N) is 2. The van der Waals surface area contributed by atoms with Gasteiger partial charge in [-0.3, -0.25) is 0 Å². The van der Waals surface area contributed by atoms with Gasteiger partial charge in [0.25, 0.3) is 0 Å². The Hall–Kier alpha value is -1.38. The van der Waals surface area contributed by atoms with Crippen molar-refractivity contribution in [1.82, 2.24) is 4.31 Å². The van der Waals surface area contributed by atoms with E-state index >= 15 is 0 Å². The molecule has 0 radical (unpaired) electrons. The predicted octanol–water partition coefficient (Wildman–Crippen LogP) is 2.65. The van der Waals surface area contributed by atoms with Crippen LogP contribution in [0, 0.1) is 11.3 Å². The molecule has 1 aromatic carbocycles. The second-order valence-corrected chi connectivity index (χ2v) is 8.05. The van der Waals surface area contributed by atoms with Gasteiger partial charge in [0.05, 0.1) is 16.4 Å². The van der Waals surface area contributed by atoms with Crippen LogP contribution in [-0.2, 0) is 16.6 Å². The Morgan fingerprint density at radius 3 is 2.35 bits per heavy atom. The summed E-state index contributed by atoms with van der Waals surface area (Å²) in [5, 5.41) is 8.78. The zero-order valence-electron chi connectivity index (χ0n) is 12.0. The van der Waals surface area contributed by atoms with Crippen molar-refractivity contribution in [1.29, 1.82) is 5.26 Å². The zero-order chi connectivity index (χ0) is 14.8. The van der Waals surface area contributed by atoms with Gasteiger partial charge in [-0.2, -0.15) is 9.57 Å². The van der Waals surface area contributed by atoms with E-state index in [9.17, 15) is 8.42 Å². The molecule has 1 fully saturated rings. The van der Waals surface area contributed by atoms with Gasteiger partial charge in [-0.1, -0.05) is 19.1 Å². The van der Waals surface area contributed by atoms with Crippen LogP contribution in [0.5, 0.6) is 0 Å². The molecule has 1 saturated carbocycles. The Kier molecular flexibility index (Phi) is 4.17. The normalized spacial score (nSPS) is 16.9. The largest absolute Gasteiger partial charge is 0.219 e. The van der Waals surface area contributed by atoms with Gasteiger partial charge in [0, 0.05) is 13.1 Å². The molecule has 108 valence electrons. The highest BCUT2D eigenvalue weighted by atomic mass is 32.2. The molecular formula is C15H20N2O2S. The van der Waals surface area contributed by atoms with E-state index in [1.54, 1.807) is 16.4 Å². The van der Waals surface area contributed by atoms with E-state index in [1.165, 1.54) is 0 Å². The molecule has 0 aromatic heterocycles. The minimum Gasteiger partial charge on any atom is -0.212 e. The van der Waals surface area contributed by atoms with Crippen molar-refractivity contribution >= 4 is 10.0 Å². The summed E-state index contributed by atoms with van der Waals surface area (Å²) in [7, 11) is -3.24. The summed E-state index contributed by atoms with van der Waals surface area (Å²) in [6.07, 6.45) is 2.30. The Labute approximate surface area is 121 Å². The number of hydrogen-bond donors (Lipinski definition) is 0. The average Bonchev–Trinajstić information content (AvgIpc) is 3.19. The van der Waals surface area contributed by atoms with Crippen LogP contribution >= 0.6 is 0 Å². The molecule has 0 N–H and O–H groups in total. The molecule has 0 spiro atoms. The Morgan fingerprint density at radius 2 is 1.90 bits per heavy atom. The molecule has 4 nitrogen and oxygen atoms in total. The number of benzene rings is 1. The molecule has 0 atom stereocenters. The third-order valence-corrected chi connectivity index (χ3v) is 6.48. The lowest BCUT2D eigenvalue weighted by atomic mass is 10.1. The highest BCUT2D eigenvalue weighted by Gasteiger charge is 2.52. The maximum atomic E-state index is 12.6. The Morgan fingerprint density at radius 1 is 1.30 bits per heavy atom. The molecule has 0 bridgehead atoms. The van der Waals surface area contributed by atoms with Gasteiger partial charge in [-0.25, -0.2) is 8.42 Å². The Bertz CT molecular complexity index is 610. The predicted molar refractivity (Wildman–Crippen MR) is 78.4 cm³/mol. The summed E-state index contributed by atoms with van der Waals surface area (Å²) >= 11 is 0. The molecule has 0 heterocycles. The van der Waals surface area contributed by atoms with Crippen LogP contribution in [0.25, 0.3) is 0 Å². The minimum atomic E-state index is -3.24. The van der Waals surface area contributed by atoms with Crippen LogP contribution < -0.4 is 0 Å². The minimum absolute atomic E-state index is 0.386. The van der Waals surface area contributed by atoms with Gasteiger partial charge in [0.2, 0.25) is 10.0 Å². The standard InChI is InChI=1S/C15H20N2O2S/c1-3-10-17(20(18,19)15(2)8-9-15)12-14-6-4-13(11-16)5-7-14/h4-7H,3,8-10,12H2,1-2H3. The number of nitriles is 1. The lowest BCUT2D eigenvalue weighted by molar-refractivity contribution is 0.398. The maximum Gasteiger partial charge on any atom is 0.219 e. The summed E-state index contributed by atoms with van der Waals surface area (Å²) in [6, 6.07) is 9.17. The van der Waals surface area contributed by atoms with Crippen molar-refractivity contribution in [3.05, 3.63) is 35.4 Å². The monoisotopic (exact) mass is 292 g/mol. The van der Waals surface area contributed by atoms with Gasteiger partial charge < -0.3 is 0 Å². The van der Waals surface area contributed by atoms with E-state index < -0.39 is 14.8 Å². The summed E-state index contributed by atoms with van der Waals surface area (Å²) in [5.41, 5.74) is 1.51. The Balaban J connectivity index is 2.19. The first kappa shape index (κ1) is 15.0. The lowest BCUT2D eigenvalue weighted by Gasteiger charge is -2.25. The molecule has 5 heteroatoms. The quantitative estimate of drug-likeness (QED) is 0.809. The SMILES string of the molecule is CCCN(Cc1ccc(C#N)cc1)S(=O)(=O)C1(C)CC1. The molecule has 20 heavy (non-hydrogen) atoms. The molecule has 1 aliphatic rings. The van der Waals surface area contributed by atoms with Gasteiger partial charge in [-0.15, -0.1) is 0 Å². The van der Waals surface area contributed by atoms with Crippen molar-refractivity contribution in [2.24, 2.45) is 0 Å². The van der Waals surface area contributed by atoms with E-state index in [0.717, 1.165) is 24.8 Å². The fraction of sp³-hybridized carbons (Fsp3) is 0.533. The fourth-order valence-corrected chi connectivity index (χ4v) is 4.15. The van der Waals surface area contributed by atoms with Crippen molar-refractivity contribution in [2.75, 3.05) is 6.54 Å². The second-order valence-electron chi connectivity index (χ2n) is 5.60. The first-order valence-electron chi connectivity index (χ1n) is 6.92. The van der Waals surface area contributed by atoms with E-state index in [1.807, 2.05) is 26.0 Å². The first-order valence-corrected chi connectivity index (χ1v) is 8.36. The molecule has 0 amide bonds. The maximum absolute atomic E-state index is 12.6. The molecule has 1 aromatic rings. The highest BCUT2D eigenvalue weighted by Crippen LogP contribution is 2.44. The summed E-state index contributed by atoms with van der Waals surface area (Å²) in [5.74, 6) is 0. The molecule has 0 saturated heterocycles. The first-order chi connectivity index (χ1) is 9.43. The lowest BCUT2D eigenvalue weighted by Crippen LogP contribution is -2.38. The van der Waals surface area contributed by atoms with Gasteiger partial charge in [0.15, 0.2) is 0 Å². The zero-order valence-corrected chi connectivity index (χ0v) is 12.8. The molecule has 2 rings (SSSR count). The van der Waals surface area contributed by atoms with Crippen LogP contribution in [0.4, 0.5) is 0 Å². The van der Waals surface area contributed by atoms with E-state index in [4.69, 9.17) is 5.26 Å². The average molecular weight is 292 g/mol. The van der Waals surface area contributed by atoms with E-state index in [0.29, 0.717) is 18.7 Å². The van der Waals surface area contributed by atoms with Crippen molar-refractivity contribution in [3.63, 3.8) is 0 Å². The van der Waals surface area contributed by atoms with E-state index in [-0.39, 0.29) is 0 Å². The highest BCUT2D eigenvalue weighted by molar-refractivity contribution is 7.90. The van der Waals surface area contributed by atoms with Crippen molar-refractivity contribution in [3.8, 4) is 6.07 Å². The van der Waals surface area contributed by atoms with E-state index in [2.05, 4.69) is 6.07 Å². The third kappa shape index (κ3) is 2.87. The third-order valence-electron chi connectivity index (χ3n) is 3.83. The van der Waals surface area contributed by atoms with Crippen LogP contribution in [0.15, 0.2) is 24.3 Å². The number of sulfonamides is 1. The van der Waals surface area contributed by atoms with Crippen molar-refractivity contribution in [2.45, 2.75) is 44.4 Å². The summed E-state index contributed by atoms with van der Waals surface area (Å²) < 4.78 is 26.2. The summed E-state index contributed by atoms with van der Waals surface area (Å²) in [4.78, 5) is 0. The smallest absolute Gasteiger partial charge is 0.212 e. The topological polar surface area (TPSA) is 61.2 Å². The van der Waals surface area contributed by atoms with Crippen LogP contribution in [-0.4, -0.2) is 24.0 Å². The van der Waals surface area contributed by atoms with Gasteiger partial charge in [-0.05, 0) is 43.9 Å². The van der Waals surface area contributed by atoms with Crippen molar-refractivity contribution < 1.29 is 8.42 Å². The van der Waals surface area contributed by atoms with Crippen LogP contribution in [0.1, 0.15) is 44.2 Å². The van der Waals surface area contributed by atoms with Crippen LogP contribution in [0.3, 0.4) is 0 Å². The molecule has 0 aliphatic heterocycles. The van der Waals surface area contributed by atoms with Gasteiger partial charge in [0.1, 0.15) is 0 Å². The molecule has 1 aliphatic carbocycles. The number of hydrogen-bond acceptors (Lipinski definition) is 3. The fourth-order valence-electron chi connectivity index (χ4n) is 2.17. The summed E-state index contributed by atoms with van der Waals surface area (Å²) in [6.45, 7) is 4.73.